The molecule has 2 heteroatoms. The van der Waals surface area contributed by atoms with Gasteiger partial charge in [-0.25, -0.2) is 0 Å². The van der Waals surface area contributed by atoms with Gasteiger partial charge in [0.1, 0.15) is 0 Å². The Morgan fingerprint density at radius 3 is 1.25 bits per heavy atom. The number of hydrogen-bond acceptors (Lipinski definition) is 0. The van der Waals surface area contributed by atoms with Gasteiger partial charge in [-0.15, -0.1) is 0 Å². The number of rotatable bonds is 1. The molecular formula is C2H4Se2. The van der Waals surface area contributed by atoms with Crippen molar-refractivity contribution < 1.29 is 0 Å². The Kier molecular flexibility index (Phi) is 5.09. The zero-order valence-corrected chi connectivity index (χ0v) is 5.66. The summed E-state index contributed by atoms with van der Waals surface area (Å²) in [6.07, 6.45) is 0. The van der Waals surface area contributed by atoms with Crippen LogP contribution in [0.4, 0.5) is 0 Å². The van der Waals surface area contributed by atoms with Gasteiger partial charge in [-0.1, -0.05) is 0 Å². The second-order valence-electron chi connectivity index (χ2n) is 0.408. The molecule has 0 heterocycles. The summed E-state index contributed by atoms with van der Waals surface area (Å²) in [6.45, 7) is 0. The maximum atomic E-state index is 2.86. The zero-order valence-electron chi connectivity index (χ0n) is 2.23. The molecule has 0 fully saturated rings. The summed E-state index contributed by atoms with van der Waals surface area (Å²) < 4.78 is 0. The molecule has 0 rings (SSSR count). The van der Waals surface area contributed by atoms with Gasteiger partial charge in [-0.3, -0.25) is 0 Å². The molecule has 0 N–H and O–H groups in total. The summed E-state index contributed by atoms with van der Waals surface area (Å²) in [4.78, 5) is 0. The summed E-state index contributed by atoms with van der Waals surface area (Å²) in [7, 11) is 0. The first-order chi connectivity index (χ1) is 1.91. The van der Waals surface area contributed by atoms with Crippen molar-refractivity contribution in [1.29, 1.82) is 0 Å². The summed E-state index contributed by atoms with van der Waals surface area (Å²) >= 11 is 5.72. The first-order valence-corrected chi connectivity index (χ1v) is 3.50. The van der Waals surface area contributed by atoms with E-state index < -0.39 is 0 Å². The topological polar surface area (TPSA) is 0 Å². The van der Waals surface area contributed by atoms with Gasteiger partial charge in [0, 0.05) is 0 Å². The van der Waals surface area contributed by atoms with Crippen molar-refractivity contribution in [1.82, 2.24) is 0 Å². The van der Waals surface area contributed by atoms with Crippen molar-refractivity contribution in [2.75, 3.05) is 0 Å². The van der Waals surface area contributed by atoms with E-state index in [9.17, 15) is 0 Å². The molecule has 0 atom stereocenters. The minimum atomic E-state index is 1.14. The Morgan fingerprint density at radius 2 is 1.25 bits per heavy atom. The van der Waals surface area contributed by atoms with E-state index in [-0.39, 0.29) is 0 Å². The molecule has 0 amide bonds. The third-order valence-electron chi connectivity index (χ3n) is 0.0833. The SMILES string of the molecule is [Se]CC[Se]. The van der Waals surface area contributed by atoms with Crippen molar-refractivity contribution in [3.63, 3.8) is 0 Å². The maximum absolute atomic E-state index is 2.86. The fourth-order valence-corrected chi connectivity index (χ4v) is 0. The average Bonchev–Trinajstić information content (AvgIpc) is 1.37. The Hall–Kier alpha value is 1.04. The quantitative estimate of drug-likeness (QED) is 0.511. The van der Waals surface area contributed by atoms with Crippen LogP contribution < -0.4 is 0 Å². The third kappa shape index (κ3) is 3.04. The molecule has 0 aliphatic rings. The Labute approximate surface area is 43.0 Å². The van der Waals surface area contributed by atoms with Crippen molar-refractivity contribution >= 4 is 32.0 Å². The van der Waals surface area contributed by atoms with Crippen LogP contribution in [0.5, 0.6) is 0 Å². The molecule has 0 aliphatic carbocycles. The van der Waals surface area contributed by atoms with Crippen LogP contribution in [-0.4, -0.2) is 32.0 Å². The van der Waals surface area contributed by atoms with Crippen LogP contribution in [0, 0.1) is 0 Å². The first-order valence-electron chi connectivity index (χ1n) is 1.08. The zero-order chi connectivity index (χ0) is 3.41. The van der Waals surface area contributed by atoms with Gasteiger partial charge >= 0.3 is 42.7 Å². The Morgan fingerprint density at radius 1 is 1.00 bits per heavy atom. The van der Waals surface area contributed by atoms with E-state index in [1.54, 1.807) is 0 Å². The van der Waals surface area contributed by atoms with Crippen LogP contribution in [0.15, 0.2) is 0 Å². The summed E-state index contributed by atoms with van der Waals surface area (Å²) in [5.74, 6) is 0. The molecule has 0 aromatic rings. The molecule has 24 valence electrons. The minimum absolute atomic E-state index is 1.14. The molecule has 0 aromatic carbocycles. The van der Waals surface area contributed by atoms with E-state index >= 15 is 0 Å². The van der Waals surface area contributed by atoms with Gasteiger partial charge in [0.2, 0.25) is 0 Å². The molecule has 0 aliphatic heterocycles. The van der Waals surface area contributed by atoms with E-state index in [0.29, 0.717) is 0 Å². The predicted octanol–water partition coefficient (Wildman–Crippen LogP) is 0.160. The predicted molar refractivity (Wildman–Crippen MR) is 21.1 cm³/mol. The standard InChI is InChI=1S/C2H4Se2/c3-1-2-4/h1-2H2. The molecule has 0 aromatic heterocycles. The Bertz CT molecular complexity index is 6.00. The first kappa shape index (κ1) is 5.04. The van der Waals surface area contributed by atoms with Gasteiger partial charge in [-0.05, 0) is 0 Å². The van der Waals surface area contributed by atoms with Crippen LogP contribution in [-0.2, 0) is 0 Å². The Balaban J connectivity index is 1.97. The van der Waals surface area contributed by atoms with Crippen LogP contribution in [0.1, 0.15) is 0 Å². The van der Waals surface area contributed by atoms with Crippen LogP contribution in [0.25, 0.3) is 0 Å². The summed E-state index contributed by atoms with van der Waals surface area (Å²) in [6, 6.07) is 0. The van der Waals surface area contributed by atoms with Crippen molar-refractivity contribution in [3.8, 4) is 0 Å². The van der Waals surface area contributed by atoms with Crippen molar-refractivity contribution in [2.45, 2.75) is 10.6 Å². The fraction of sp³-hybridized carbons (Fsp3) is 1.00. The van der Waals surface area contributed by atoms with Crippen molar-refractivity contribution in [2.24, 2.45) is 0 Å². The molecule has 0 unspecified atom stereocenters. The fourth-order valence-electron chi connectivity index (χ4n) is 0. The van der Waals surface area contributed by atoms with E-state index in [1.807, 2.05) is 0 Å². The molecule has 0 saturated carbocycles. The second kappa shape index (κ2) is 4.04. The van der Waals surface area contributed by atoms with E-state index in [4.69, 9.17) is 0 Å². The van der Waals surface area contributed by atoms with Crippen LogP contribution in [0.2, 0.25) is 10.6 Å². The van der Waals surface area contributed by atoms with Gasteiger partial charge in [0.25, 0.3) is 0 Å². The molecule has 0 spiro atoms. The van der Waals surface area contributed by atoms with Gasteiger partial charge in [0.05, 0.1) is 0 Å². The molecule has 4 heavy (non-hydrogen) atoms. The monoisotopic (exact) mass is 188 g/mol. The van der Waals surface area contributed by atoms with Gasteiger partial charge in [-0.2, -0.15) is 0 Å². The van der Waals surface area contributed by atoms with Gasteiger partial charge < -0.3 is 0 Å². The summed E-state index contributed by atoms with van der Waals surface area (Å²) in [5, 5.41) is 2.28. The van der Waals surface area contributed by atoms with E-state index in [1.165, 1.54) is 0 Å². The van der Waals surface area contributed by atoms with E-state index in [0.717, 1.165) is 10.6 Å². The van der Waals surface area contributed by atoms with Crippen LogP contribution in [0.3, 0.4) is 0 Å². The molecule has 0 nitrogen and oxygen atoms in total. The normalized spacial score (nSPS) is 7.50. The second-order valence-corrected chi connectivity index (χ2v) is 2.12. The third-order valence-corrected chi connectivity index (χ3v) is 2.25. The molecule has 0 bridgehead atoms. The molecular weight excluding hydrogens is 182 g/mol. The van der Waals surface area contributed by atoms with E-state index in [2.05, 4.69) is 32.0 Å². The van der Waals surface area contributed by atoms with Crippen LogP contribution >= 0.6 is 0 Å². The van der Waals surface area contributed by atoms with Gasteiger partial charge in [0.15, 0.2) is 0 Å². The summed E-state index contributed by atoms with van der Waals surface area (Å²) in [5.41, 5.74) is 0. The molecule has 2 radical (unpaired) electrons. The van der Waals surface area contributed by atoms with Crippen molar-refractivity contribution in [3.05, 3.63) is 0 Å². The average molecular weight is 186 g/mol. The number of hydrogen-bond donors (Lipinski definition) is 0. The molecule has 0 saturated heterocycles.